The van der Waals surface area contributed by atoms with Gasteiger partial charge in [0.05, 0.1) is 13.5 Å². The van der Waals surface area contributed by atoms with E-state index < -0.39 is 6.04 Å². The number of ether oxygens (including phenoxy) is 1. The van der Waals surface area contributed by atoms with Gasteiger partial charge in [-0.1, -0.05) is 30.3 Å². The summed E-state index contributed by atoms with van der Waals surface area (Å²) in [5, 5.41) is 3.25. The summed E-state index contributed by atoms with van der Waals surface area (Å²) in [5.41, 5.74) is 1.68. The zero-order valence-corrected chi connectivity index (χ0v) is 16.0. The summed E-state index contributed by atoms with van der Waals surface area (Å²) < 4.78 is 5.17. The third kappa shape index (κ3) is 4.25. The molecule has 1 N–H and O–H groups in total. The molecular weight excluding hydrogens is 362 g/mol. The van der Waals surface area contributed by atoms with Crippen molar-refractivity contribution in [3.8, 4) is 5.75 Å². The lowest BCUT2D eigenvalue weighted by Crippen LogP contribution is -2.37. The number of nitrogens with zero attached hydrogens (tertiary/aromatic N) is 2. The number of carbonyl (C=O) groups excluding carboxylic acids is 2. The maximum atomic E-state index is 12.6. The molecular formula is C20H21N3O3S. The molecule has 3 rings (SSSR count). The third-order valence-electron chi connectivity index (χ3n) is 4.47. The second kappa shape index (κ2) is 8.18. The molecule has 1 saturated heterocycles. The Morgan fingerprint density at radius 3 is 2.44 bits per heavy atom. The number of benzene rings is 2. The highest BCUT2D eigenvalue weighted by Gasteiger charge is 2.41. The van der Waals surface area contributed by atoms with Gasteiger partial charge in [-0.25, -0.2) is 0 Å². The van der Waals surface area contributed by atoms with Gasteiger partial charge in [-0.05, 0) is 42.0 Å². The van der Waals surface area contributed by atoms with E-state index in [2.05, 4.69) is 5.32 Å². The molecule has 27 heavy (non-hydrogen) atoms. The average Bonchev–Trinajstić information content (AvgIpc) is 2.87. The van der Waals surface area contributed by atoms with Gasteiger partial charge in [-0.3, -0.25) is 14.5 Å². The van der Waals surface area contributed by atoms with Gasteiger partial charge in [0, 0.05) is 19.3 Å². The number of methoxy groups -OCH3 is 1. The lowest BCUT2D eigenvalue weighted by Gasteiger charge is -2.23. The van der Waals surface area contributed by atoms with Crippen LogP contribution < -0.4 is 10.1 Å². The first kappa shape index (κ1) is 18.8. The van der Waals surface area contributed by atoms with Crippen LogP contribution in [-0.4, -0.2) is 46.9 Å². The maximum Gasteiger partial charge on any atom is 0.251 e. The molecule has 0 aliphatic carbocycles. The minimum Gasteiger partial charge on any atom is -0.497 e. The number of thiocarbonyl (C=S) groups is 1. The predicted octanol–water partition coefficient (Wildman–Crippen LogP) is 2.65. The van der Waals surface area contributed by atoms with Crippen LogP contribution in [0.5, 0.6) is 5.75 Å². The lowest BCUT2D eigenvalue weighted by atomic mass is 10.1. The van der Waals surface area contributed by atoms with E-state index in [0.717, 1.165) is 11.3 Å². The second-order valence-electron chi connectivity index (χ2n) is 6.29. The van der Waals surface area contributed by atoms with Crippen LogP contribution in [0, 0.1) is 0 Å². The van der Waals surface area contributed by atoms with E-state index in [-0.39, 0.29) is 18.2 Å². The summed E-state index contributed by atoms with van der Waals surface area (Å²) in [4.78, 5) is 28.3. The van der Waals surface area contributed by atoms with Gasteiger partial charge in [0.15, 0.2) is 5.11 Å². The number of nitrogens with one attached hydrogen (secondary N) is 1. The third-order valence-corrected chi connectivity index (χ3v) is 4.98. The zero-order valence-electron chi connectivity index (χ0n) is 15.2. The van der Waals surface area contributed by atoms with Crippen LogP contribution in [0.3, 0.4) is 0 Å². The van der Waals surface area contributed by atoms with Crippen LogP contribution in [-0.2, 0) is 16.1 Å². The SMILES string of the molecule is COc1ccc(CN2C(=S)N(C)C(=O)[C@@H]2CC(=O)Nc2ccccc2)cc1. The highest BCUT2D eigenvalue weighted by molar-refractivity contribution is 7.80. The molecule has 0 aromatic heterocycles. The summed E-state index contributed by atoms with van der Waals surface area (Å²) in [6, 6.07) is 16.1. The summed E-state index contributed by atoms with van der Waals surface area (Å²) in [7, 11) is 3.25. The van der Waals surface area contributed by atoms with Crippen LogP contribution in [0.25, 0.3) is 0 Å². The first-order chi connectivity index (χ1) is 13.0. The van der Waals surface area contributed by atoms with E-state index >= 15 is 0 Å². The van der Waals surface area contributed by atoms with Gasteiger partial charge in [0.2, 0.25) is 5.91 Å². The molecule has 1 heterocycles. The van der Waals surface area contributed by atoms with E-state index in [0.29, 0.717) is 17.3 Å². The predicted molar refractivity (Wildman–Crippen MR) is 107 cm³/mol. The molecule has 1 aliphatic heterocycles. The number of anilines is 1. The monoisotopic (exact) mass is 383 g/mol. The fraction of sp³-hybridized carbons (Fsp3) is 0.250. The van der Waals surface area contributed by atoms with E-state index in [9.17, 15) is 9.59 Å². The molecule has 0 saturated carbocycles. The topological polar surface area (TPSA) is 61.9 Å². The molecule has 7 heteroatoms. The first-order valence-electron chi connectivity index (χ1n) is 8.55. The lowest BCUT2D eigenvalue weighted by molar-refractivity contribution is -0.130. The fourth-order valence-corrected chi connectivity index (χ4v) is 3.27. The van der Waals surface area contributed by atoms with Crippen LogP contribution in [0.1, 0.15) is 12.0 Å². The summed E-state index contributed by atoms with van der Waals surface area (Å²) in [5.74, 6) is 0.365. The van der Waals surface area contributed by atoms with E-state index in [4.69, 9.17) is 17.0 Å². The normalized spacial score (nSPS) is 16.6. The summed E-state index contributed by atoms with van der Waals surface area (Å²) >= 11 is 5.42. The zero-order chi connectivity index (χ0) is 19.4. The molecule has 1 atom stereocenters. The minimum atomic E-state index is -0.617. The average molecular weight is 383 g/mol. The minimum absolute atomic E-state index is 0.0361. The highest BCUT2D eigenvalue weighted by Crippen LogP contribution is 2.23. The van der Waals surface area contributed by atoms with Crippen molar-refractivity contribution in [1.82, 2.24) is 9.80 Å². The Labute approximate surface area is 163 Å². The van der Waals surface area contributed by atoms with Gasteiger partial charge in [-0.15, -0.1) is 0 Å². The smallest absolute Gasteiger partial charge is 0.251 e. The van der Waals surface area contributed by atoms with Crippen molar-refractivity contribution >= 4 is 34.8 Å². The van der Waals surface area contributed by atoms with Crippen molar-refractivity contribution in [3.05, 3.63) is 60.2 Å². The van der Waals surface area contributed by atoms with Crippen molar-refractivity contribution < 1.29 is 14.3 Å². The molecule has 6 nitrogen and oxygen atoms in total. The summed E-state index contributed by atoms with van der Waals surface area (Å²) in [6.07, 6.45) is 0.0361. The number of hydrogen-bond acceptors (Lipinski definition) is 4. The maximum absolute atomic E-state index is 12.6. The van der Waals surface area contributed by atoms with Gasteiger partial charge in [0.1, 0.15) is 11.8 Å². The highest BCUT2D eigenvalue weighted by atomic mass is 32.1. The Kier molecular flexibility index (Phi) is 5.71. The van der Waals surface area contributed by atoms with Crippen molar-refractivity contribution in [2.75, 3.05) is 19.5 Å². The van der Waals surface area contributed by atoms with E-state index in [1.54, 1.807) is 31.2 Å². The Morgan fingerprint density at radius 2 is 1.81 bits per heavy atom. The number of rotatable bonds is 6. The standard InChI is InChI=1S/C20H21N3O3S/c1-22-19(25)17(12-18(24)21-15-6-4-3-5-7-15)23(20(22)27)13-14-8-10-16(26-2)11-9-14/h3-11,17H,12-13H2,1-2H3,(H,21,24)/t17-/m0/s1. The first-order valence-corrected chi connectivity index (χ1v) is 8.96. The van der Waals surface area contributed by atoms with Crippen molar-refractivity contribution in [2.24, 2.45) is 0 Å². The molecule has 2 amide bonds. The second-order valence-corrected chi connectivity index (χ2v) is 6.66. The molecule has 1 fully saturated rings. The quantitative estimate of drug-likeness (QED) is 0.777. The van der Waals surface area contributed by atoms with Gasteiger partial charge in [-0.2, -0.15) is 0 Å². The van der Waals surface area contributed by atoms with Crippen LogP contribution in [0.15, 0.2) is 54.6 Å². The van der Waals surface area contributed by atoms with Crippen LogP contribution in [0.2, 0.25) is 0 Å². The van der Waals surface area contributed by atoms with Crippen molar-refractivity contribution in [2.45, 2.75) is 19.0 Å². The van der Waals surface area contributed by atoms with Crippen LogP contribution >= 0.6 is 12.2 Å². The Bertz CT molecular complexity index is 839. The van der Waals surface area contributed by atoms with Crippen LogP contribution in [0.4, 0.5) is 5.69 Å². The summed E-state index contributed by atoms with van der Waals surface area (Å²) in [6.45, 7) is 0.447. The number of para-hydroxylation sites is 1. The fourth-order valence-electron chi connectivity index (χ4n) is 2.99. The molecule has 0 unspecified atom stereocenters. The van der Waals surface area contributed by atoms with Gasteiger partial charge in [0.25, 0.3) is 5.91 Å². The Hall–Kier alpha value is -2.93. The van der Waals surface area contributed by atoms with Gasteiger partial charge >= 0.3 is 0 Å². The van der Waals surface area contributed by atoms with Crippen molar-refractivity contribution in [1.29, 1.82) is 0 Å². The molecule has 0 bridgehead atoms. The number of carbonyl (C=O) groups is 2. The van der Waals surface area contributed by atoms with Crippen molar-refractivity contribution in [3.63, 3.8) is 0 Å². The number of hydrogen-bond donors (Lipinski definition) is 1. The number of likely N-dealkylation sites (N-methyl/N-ethyl adjacent to an activating group) is 1. The van der Waals surface area contributed by atoms with Gasteiger partial charge < -0.3 is 15.0 Å². The molecule has 2 aromatic rings. The van der Waals surface area contributed by atoms with E-state index in [1.807, 2.05) is 42.5 Å². The largest absolute Gasteiger partial charge is 0.497 e. The molecule has 2 aromatic carbocycles. The molecule has 0 radical (unpaired) electrons. The molecule has 1 aliphatic rings. The molecule has 140 valence electrons. The van der Waals surface area contributed by atoms with E-state index in [1.165, 1.54) is 4.90 Å². The number of amides is 2. The Balaban J connectivity index is 1.73. The molecule has 0 spiro atoms. The Morgan fingerprint density at radius 1 is 1.15 bits per heavy atom.